The zero-order chi connectivity index (χ0) is 13.8. The van der Waals surface area contributed by atoms with E-state index in [9.17, 15) is 5.11 Å². The number of hydrogen-bond acceptors (Lipinski definition) is 3. The Morgan fingerprint density at radius 2 is 1.75 bits per heavy atom. The van der Waals surface area contributed by atoms with Gasteiger partial charge in [-0.1, -0.05) is 18.6 Å². The van der Waals surface area contributed by atoms with Crippen molar-refractivity contribution in [2.75, 3.05) is 26.2 Å². The van der Waals surface area contributed by atoms with E-state index >= 15 is 0 Å². The highest BCUT2D eigenvalue weighted by Gasteiger charge is 2.25. The number of piperidine rings is 2. The lowest BCUT2D eigenvalue weighted by Crippen LogP contribution is -2.46. The Bertz CT molecular complexity index is 421. The molecule has 2 saturated heterocycles. The van der Waals surface area contributed by atoms with Crippen LogP contribution in [0.25, 0.3) is 0 Å². The Morgan fingerprint density at radius 1 is 1.00 bits per heavy atom. The summed E-state index contributed by atoms with van der Waals surface area (Å²) in [7, 11) is 0. The van der Waals surface area contributed by atoms with Crippen LogP contribution in [0.1, 0.15) is 37.7 Å². The summed E-state index contributed by atoms with van der Waals surface area (Å²) in [6, 6.07) is 8.49. The van der Waals surface area contributed by atoms with Crippen molar-refractivity contribution in [3.05, 3.63) is 29.8 Å². The summed E-state index contributed by atoms with van der Waals surface area (Å²) in [5, 5.41) is 9.53. The first-order chi connectivity index (χ1) is 9.81. The van der Waals surface area contributed by atoms with Crippen molar-refractivity contribution < 1.29 is 5.11 Å². The third kappa shape index (κ3) is 3.53. The second kappa shape index (κ2) is 6.59. The molecule has 0 atom stereocenters. The zero-order valence-corrected chi connectivity index (χ0v) is 12.3. The molecule has 0 aromatic heterocycles. The van der Waals surface area contributed by atoms with Gasteiger partial charge >= 0.3 is 0 Å². The summed E-state index contributed by atoms with van der Waals surface area (Å²) in [5.74, 6) is 0.380. The van der Waals surface area contributed by atoms with Crippen LogP contribution >= 0.6 is 0 Å². The molecule has 2 aliphatic rings. The predicted octanol–water partition coefficient (Wildman–Crippen LogP) is 2.84. The largest absolute Gasteiger partial charge is 0.508 e. The van der Waals surface area contributed by atoms with E-state index in [0.717, 1.165) is 12.6 Å². The number of likely N-dealkylation sites (tertiary alicyclic amines) is 2. The van der Waals surface area contributed by atoms with Crippen molar-refractivity contribution in [3.63, 3.8) is 0 Å². The summed E-state index contributed by atoms with van der Waals surface area (Å²) in [5.41, 5.74) is 1.22. The number of hydrogen-bond donors (Lipinski definition) is 1. The monoisotopic (exact) mass is 274 g/mol. The molecule has 110 valence electrons. The van der Waals surface area contributed by atoms with Crippen LogP contribution in [0.4, 0.5) is 0 Å². The molecule has 2 fully saturated rings. The number of aromatic hydroxyl groups is 1. The van der Waals surface area contributed by atoms with Crippen molar-refractivity contribution in [1.82, 2.24) is 9.80 Å². The average Bonchev–Trinajstić information content (AvgIpc) is 2.49. The number of phenolic OH excluding ortho intramolecular Hbond substituents is 1. The van der Waals surface area contributed by atoms with Crippen molar-refractivity contribution in [1.29, 1.82) is 0 Å². The van der Waals surface area contributed by atoms with Crippen LogP contribution in [-0.2, 0) is 6.54 Å². The summed E-state index contributed by atoms with van der Waals surface area (Å²) in [4.78, 5) is 5.24. The molecule has 0 aliphatic carbocycles. The Hall–Kier alpha value is -1.06. The molecule has 3 heteroatoms. The van der Waals surface area contributed by atoms with E-state index in [-0.39, 0.29) is 0 Å². The molecule has 2 heterocycles. The van der Waals surface area contributed by atoms with Gasteiger partial charge in [0.25, 0.3) is 0 Å². The minimum Gasteiger partial charge on any atom is -0.508 e. The highest BCUT2D eigenvalue weighted by molar-refractivity contribution is 5.27. The number of phenols is 1. The van der Waals surface area contributed by atoms with Gasteiger partial charge in [0.1, 0.15) is 5.75 Å². The molecule has 0 saturated carbocycles. The molecule has 2 aliphatic heterocycles. The predicted molar refractivity (Wildman–Crippen MR) is 81.8 cm³/mol. The first-order valence-corrected chi connectivity index (χ1v) is 8.05. The van der Waals surface area contributed by atoms with Gasteiger partial charge in [0.15, 0.2) is 0 Å². The van der Waals surface area contributed by atoms with Gasteiger partial charge in [0.05, 0.1) is 0 Å². The molecule has 0 spiro atoms. The van der Waals surface area contributed by atoms with Gasteiger partial charge in [-0.3, -0.25) is 4.90 Å². The molecule has 0 amide bonds. The third-order valence-electron chi connectivity index (χ3n) is 4.78. The molecule has 0 unspecified atom stereocenters. The minimum atomic E-state index is 0.380. The van der Waals surface area contributed by atoms with Crippen molar-refractivity contribution >= 4 is 0 Å². The van der Waals surface area contributed by atoms with Crippen LogP contribution in [0.2, 0.25) is 0 Å². The molecule has 0 radical (unpaired) electrons. The quantitative estimate of drug-likeness (QED) is 0.918. The molecule has 3 rings (SSSR count). The molecular formula is C17H26N2O. The fraction of sp³-hybridized carbons (Fsp3) is 0.647. The number of benzene rings is 1. The fourth-order valence-corrected chi connectivity index (χ4v) is 3.64. The minimum absolute atomic E-state index is 0.380. The first-order valence-electron chi connectivity index (χ1n) is 8.05. The summed E-state index contributed by atoms with van der Waals surface area (Å²) in [6.45, 7) is 5.99. The highest BCUT2D eigenvalue weighted by atomic mass is 16.3. The molecule has 1 aromatic rings. The van der Waals surface area contributed by atoms with Gasteiger partial charge in [0, 0.05) is 12.6 Å². The maximum atomic E-state index is 9.53. The second-order valence-electron chi connectivity index (χ2n) is 6.27. The van der Waals surface area contributed by atoms with E-state index in [1.165, 1.54) is 63.8 Å². The highest BCUT2D eigenvalue weighted by Crippen LogP contribution is 2.22. The summed E-state index contributed by atoms with van der Waals surface area (Å²) in [6.07, 6.45) is 6.82. The van der Waals surface area contributed by atoms with E-state index in [1.54, 1.807) is 6.07 Å². The van der Waals surface area contributed by atoms with Gasteiger partial charge < -0.3 is 10.0 Å². The lowest BCUT2D eigenvalue weighted by molar-refractivity contribution is 0.0896. The van der Waals surface area contributed by atoms with Crippen molar-refractivity contribution in [3.8, 4) is 5.75 Å². The van der Waals surface area contributed by atoms with E-state index in [1.807, 2.05) is 12.1 Å². The maximum absolute atomic E-state index is 9.53. The Labute approximate surface area is 122 Å². The van der Waals surface area contributed by atoms with Crippen molar-refractivity contribution in [2.24, 2.45) is 0 Å². The van der Waals surface area contributed by atoms with Crippen LogP contribution in [0.5, 0.6) is 5.75 Å². The van der Waals surface area contributed by atoms with E-state index in [4.69, 9.17) is 0 Å². The molecule has 0 bridgehead atoms. The van der Waals surface area contributed by atoms with Gasteiger partial charge in [-0.05, 0) is 69.6 Å². The van der Waals surface area contributed by atoms with Crippen LogP contribution in [0.3, 0.4) is 0 Å². The standard InChI is InChI=1S/C17H26N2O/c20-17-6-4-5-15(13-17)14-18-11-7-16(8-12-18)19-9-2-1-3-10-19/h4-6,13,16,20H,1-3,7-12,14H2. The Morgan fingerprint density at radius 3 is 2.45 bits per heavy atom. The smallest absolute Gasteiger partial charge is 0.115 e. The van der Waals surface area contributed by atoms with Crippen LogP contribution < -0.4 is 0 Å². The number of rotatable bonds is 3. The van der Waals surface area contributed by atoms with E-state index in [0.29, 0.717) is 5.75 Å². The van der Waals surface area contributed by atoms with Gasteiger partial charge in [-0.15, -0.1) is 0 Å². The van der Waals surface area contributed by atoms with Gasteiger partial charge in [-0.25, -0.2) is 0 Å². The van der Waals surface area contributed by atoms with E-state index in [2.05, 4.69) is 15.9 Å². The topological polar surface area (TPSA) is 26.7 Å². The Kier molecular flexibility index (Phi) is 4.58. The lowest BCUT2D eigenvalue weighted by atomic mass is 9.99. The van der Waals surface area contributed by atoms with Crippen LogP contribution in [-0.4, -0.2) is 47.1 Å². The molecule has 1 N–H and O–H groups in total. The average molecular weight is 274 g/mol. The third-order valence-corrected chi connectivity index (χ3v) is 4.78. The fourth-order valence-electron chi connectivity index (χ4n) is 3.64. The second-order valence-corrected chi connectivity index (χ2v) is 6.27. The lowest BCUT2D eigenvalue weighted by Gasteiger charge is -2.40. The molecular weight excluding hydrogens is 248 g/mol. The normalized spacial score (nSPS) is 23.0. The SMILES string of the molecule is Oc1cccc(CN2CCC(N3CCCCC3)CC2)c1. The van der Waals surface area contributed by atoms with Crippen LogP contribution in [0, 0.1) is 0 Å². The van der Waals surface area contributed by atoms with Gasteiger partial charge in [-0.2, -0.15) is 0 Å². The van der Waals surface area contributed by atoms with E-state index < -0.39 is 0 Å². The number of nitrogens with zero attached hydrogens (tertiary/aromatic N) is 2. The molecule has 3 nitrogen and oxygen atoms in total. The van der Waals surface area contributed by atoms with Crippen molar-refractivity contribution in [2.45, 2.75) is 44.7 Å². The summed E-state index contributed by atoms with van der Waals surface area (Å²) >= 11 is 0. The zero-order valence-electron chi connectivity index (χ0n) is 12.3. The summed E-state index contributed by atoms with van der Waals surface area (Å²) < 4.78 is 0. The van der Waals surface area contributed by atoms with Gasteiger partial charge in [0.2, 0.25) is 0 Å². The molecule has 1 aromatic carbocycles. The molecule has 20 heavy (non-hydrogen) atoms. The maximum Gasteiger partial charge on any atom is 0.115 e. The van der Waals surface area contributed by atoms with Crippen LogP contribution in [0.15, 0.2) is 24.3 Å². The Balaban J connectivity index is 1.48. The first kappa shape index (κ1) is 13.9.